The van der Waals surface area contributed by atoms with Crippen LogP contribution in [0.5, 0.6) is 5.75 Å². The van der Waals surface area contributed by atoms with Crippen LogP contribution in [-0.2, 0) is 14.3 Å². The van der Waals surface area contributed by atoms with Crippen molar-refractivity contribution in [2.24, 2.45) is 0 Å². The first-order valence-electron chi connectivity index (χ1n) is 5.71. The third-order valence-electron chi connectivity index (χ3n) is 2.26. The lowest BCUT2D eigenvalue weighted by molar-refractivity contribution is -0.147. The number of para-hydroxylation sites is 1. The zero-order valence-electron chi connectivity index (χ0n) is 10.8. The van der Waals surface area contributed by atoms with E-state index in [4.69, 9.17) is 4.74 Å². The fraction of sp³-hybridized carbons (Fsp3) is 0.308. The predicted octanol–water partition coefficient (Wildman–Crippen LogP) is 0.905. The second kappa shape index (κ2) is 7.15. The van der Waals surface area contributed by atoms with E-state index in [0.29, 0.717) is 5.75 Å². The Labute approximate surface area is 110 Å². The maximum Gasteiger partial charge on any atom is 0.306 e. The number of rotatable bonds is 5. The molecule has 0 saturated heterocycles. The Hall–Kier alpha value is -2.37. The molecular weight excluding hydrogens is 250 g/mol. The van der Waals surface area contributed by atoms with E-state index in [2.05, 4.69) is 10.1 Å². The first-order chi connectivity index (χ1) is 9.08. The average molecular weight is 265 g/mol. The summed E-state index contributed by atoms with van der Waals surface area (Å²) in [6.45, 7) is 1.13. The number of hydrogen-bond donors (Lipinski definition) is 1. The van der Waals surface area contributed by atoms with Gasteiger partial charge in [-0.25, -0.2) is 0 Å². The first-order valence-corrected chi connectivity index (χ1v) is 5.71. The van der Waals surface area contributed by atoms with E-state index in [-0.39, 0.29) is 12.0 Å². The van der Waals surface area contributed by atoms with Crippen LogP contribution in [0.15, 0.2) is 24.3 Å². The minimum absolute atomic E-state index is 0.174. The lowest BCUT2D eigenvalue weighted by Crippen LogP contribution is -2.34. The Morgan fingerprint density at radius 2 is 1.89 bits per heavy atom. The number of carbonyl (C=O) groups is 3. The zero-order valence-corrected chi connectivity index (χ0v) is 10.8. The normalized spacial score (nSPS) is 9.58. The lowest BCUT2D eigenvalue weighted by Gasteiger charge is -2.08. The summed E-state index contributed by atoms with van der Waals surface area (Å²) in [5.41, 5.74) is 0.236. The Balaban J connectivity index is 2.59. The molecule has 19 heavy (non-hydrogen) atoms. The van der Waals surface area contributed by atoms with Gasteiger partial charge >= 0.3 is 5.97 Å². The summed E-state index contributed by atoms with van der Waals surface area (Å²) in [6, 6.07) is 6.50. The van der Waals surface area contributed by atoms with Gasteiger partial charge in [0.15, 0.2) is 6.61 Å². The molecule has 0 unspecified atom stereocenters. The maximum absolute atomic E-state index is 11.8. The highest BCUT2D eigenvalue weighted by Crippen LogP contribution is 2.16. The van der Waals surface area contributed by atoms with Gasteiger partial charge in [0.25, 0.3) is 11.8 Å². The van der Waals surface area contributed by atoms with Crippen molar-refractivity contribution in [2.45, 2.75) is 13.3 Å². The quantitative estimate of drug-likeness (QED) is 0.800. The van der Waals surface area contributed by atoms with Crippen molar-refractivity contribution in [3.05, 3.63) is 29.8 Å². The van der Waals surface area contributed by atoms with Crippen LogP contribution in [0.4, 0.5) is 0 Å². The number of ether oxygens (including phenoxy) is 2. The third kappa shape index (κ3) is 4.42. The molecule has 0 bridgehead atoms. The Morgan fingerprint density at radius 1 is 1.21 bits per heavy atom. The monoisotopic (exact) mass is 265 g/mol. The van der Waals surface area contributed by atoms with Gasteiger partial charge in [0.2, 0.25) is 0 Å². The van der Waals surface area contributed by atoms with Gasteiger partial charge in [-0.2, -0.15) is 0 Å². The van der Waals surface area contributed by atoms with Crippen molar-refractivity contribution in [1.29, 1.82) is 0 Å². The topological polar surface area (TPSA) is 81.7 Å². The van der Waals surface area contributed by atoms with Crippen molar-refractivity contribution >= 4 is 17.8 Å². The fourth-order valence-corrected chi connectivity index (χ4v) is 1.31. The van der Waals surface area contributed by atoms with Gasteiger partial charge in [0.1, 0.15) is 5.75 Å². The van der Waals surface area contributed by atoms with Crippen LogP contribution in [-0.4, -0.2) is 31.5 Å². The molecule has 0 radical (unpaired) electrons. The molecule has 0 aliphatic rings. The van der Waals surface area contributed by atoms with E-state index in [0.717, 1.165) is 0 Å². The molecule has 6 heteroatoms. The molecule has 0 heterocycles. The second-order valence-corrected chi connectivity index (χ2v) is 3.59. The van der Waals surface area contributed by atoms with E-state index in [9.17, 15) is 14.4 Å². The Kier molecular flexibility index (Phi) is 5.53. The molecule has 0 aliphatic heterocycles. The number of esters is 1. The Bertz CT molecular complexity index is 484. The smallest absolute Gasteiger partial charge is 0.306 e. The molecule has 0 saturated carbocycles. The summed E-state index contributed by atoms with van der Waals surface area (Å²) in [5, 5.41) is 2.12. The van der Waals surface area contributed by atoms with Crippen LogP contribution >= 0.6 is 0 Å². The molecule has 0 spiro atoms. The van der Waals surface area contributed by atoms with E-state index in [1.54, 1.807) is 25.1 Å². The SMILES string of the molecule is CCC(=O)OCC(=O)NC(=O)c1ccccc1OC. The summed E-state index contributed by atoms with van der Waals surface area (Å²) in [4.78, 5) is 34.1. The van der Waals surface area contributed by atoms with Crippen molar-refractivity contribution in [2.75, 3.05) is 13.7 Å². The molecule has 1 N–H and O–H groups in total. The highest BCUT2D eigenvalue weighted by Gasteiger charge is 2.15. The van der Waals surface area contributed by atoms with Crippen LogP contribution in [0.25, 0.3) is 0 Å². The number of methoxy groups -OCH3 is 1. The summed E-state index contributed by atoms with van der Waals surface area (Å²) in [7, 11) is 1.43. The summed E-state index contributed by atoms with van der Waals surface area (Å²) >= 11 is 0. The van der Waals surface area contributed by atoms with Gasteiger partial charge in [-0.1, -0.05) is 19.1 Å². The molecule has 1 rings (SSSR count). The molecule has 1 aromatic carbocycles. The van der Waals surface area contributed by atoms with Crippen molar-refractivity contribution in [1.82, 2.24) is 5.32 Å². The minimum Gasteiger partial charge on any atom is -0.496 e. The highest BCUT2D eigenvalue weighted by molar-refractivity contribution is 6.06. The van der Waals surface area contributed by atoms with Crippen molar-refractivity contribution < 1.29 is 23.9 Å². The number of nitrogens with one attached hydrogen (secondary N) is 1. The van der Waals surface area contributed by atoms with E-state index < -0.39 is 24.4 Å². The van der Waals surface area contributed by atoms with Gasteiger partial charge in [0.05, 0.1) is 12.7 Å². The molecule has 6 nitrogen and oxygen atoms in total. The summed E-state index contributed by atoms with van der Waals surface area (Å²) < 4.78 is 9.62. The van der Waals surface area contributed by atoms with Crippen molar-refractivity contribution in [3.8, 4) is 5.75 Å². The van der Waals surface area contributed by atoms with Gasteiger partial charge in [-0.05, 0) is 12.1 Å². The highest BCUT2D eigenvalue weighted by atomic mass is 16.5. The number of amides is 2. The van der Waals surface area contributed by atoms with Crippen LogP contribution in [0.1, 0.15) is 23.7 Å². The van der Waals surface area contributed by atoms with Crippen molar-refractivity contribution in [3.63, 3.8) is 0 Å². The number of benzene rings is 1. The van der Waals surface area contributed by atoms with Gasteiger partial charge in [0, 0.05) is 6.42 Å². The Morgan fingerprint density at radius 3 is 2.53 bits per heavy atom. The van der Waals surface area contributed by atoms with Crippen LogP contribution in [0.2, 0.25) is 0 Å². The fourth-order valence-electron chi connectivity index (χ4n) is 1.31. The van der Waals surface area contributed by atoms with E-state index in [1.807, 2.05) is 0 Å². The molecule has 2 amide bonds. The number of imide groups is 1. The van der Waals surface area contributed by atoms with Gasteiger partial charge in [-0.3, -0.25) is 19.7 Å². The maximum atomic E-state index is 11.8. The second-order valence-electron chi connectivity index (χ2n) is 3.59. The average Bonchev–Trinajstić information content (AvgIpc) is 2.44. The summed E-state index contributed by atoms with van der Waals surface area (Å²) in [5.74, 6) is -1.43. The van der Waals surface area contributed by atoms with E-state index in [1.165, 1.54) is 13.2 Å². The third-order valence-corrected chi connectivity index (χ3v) is 2.26. The van der Waals surface area contributed by atoms with Crippen LogP contribution in [0.3, 0.4) is 0 Å². The largest absolute Gasteiger partial charge is 0.496 e. The number of carbonyl (C=O) groups excluding carboxylic acids is 3. The molecule has 1 aromatic rings. The first kappa shape index (κ1) is 14.7. The lowest BCUT2D eigenvalue weighted by atomic mass is 10.2. The van der Waals surface area contributed by atoms with Crippen LogP contribution in [0, 0.1) is 0 Å². The molecule has 0 atom stereocenters. The van der Waals surface area contributed by atoms with E-state index >= 15 is 0 Å². The van der Waals surface area contributed by atoms with Crippen LogP contribution < -0.4 is 10.1 Å². The van der Waals surface area contributed by atoms with Gasteiger partial charge < -0.3 is 9.47 Å². The number of hydrogen-bond acceptors (Lipinski definition) is 5. The molecule has 0 aromatic heterocycles. The summed E-state index contributed by atoms with van der Waals surface area (Å²) in [6.07, 6.45) is 0.174. The predicted molar refractivity (Wildman–Crippen MR) is 66.7 cm³/mol. The molecule has 0 aliphatic carbocycles. The zero-order chi connectivity index (χ0) is 14.3. The molecule has 102 valence electrons. The minimum atomic E-state index is -0.683. The molecular formula is C13H15NO5. The van der Waals surface area contributed by atoms with Gasteiger partial charge in [-0.15, -0.1) is 0 Å². The molecule has 0 fully saturated rings. The standard InChI is InChI=1S/C13H15NO5/c1-3-12(16)19-8-11(15)14-13(17)9-6-4-5-7-10(9)18-2/h4-7H,3,8H2,1-2H3,(H,14,15,17).